The summed E-state index contributed by atoms with van der Waals surface area (Å²) in [6.07, 6.45) is 2.93. The molecule has 0 saturated carbocycles. The van der Waals surface area contributed by atoms with Gasteiger partial charge in [-0.15, -0.1) is 0 Å². The summed E-state index contributed by atoms with van der Waals surface area (Å²) in [6.45, 7) is 3.66. The highest BCUT2D eigenvalue weighted by atomic mass is 19.1. The maximum atomic E-state index is 14.4. The van der Waals surface area contributed by atoms with Crippen molar-refractivity contribution in [3.8, 4) is 5.69 Å². The third-order valence-corrected chi connectivity index (χ3v) is 4.57. The van der Waals surface area contributed by atoms with E-state index in [1.807, 2.05) is 13.8 Å². The summed E-state index contributed by atoms with van der Waals surface area (Å²) < 4.78 is 15.9. The van der Waals surface area contributed by atoms with Gasteiger partial charge < -0.3 is 10.0 Å². The van der Waals surface area contributed by atoms with Crippen molar-refractivity contribution >= 4 is 11.9 Å². The number of fused-ring (bicyclic) bond motifs is 1. The number of carbonyl (C=O) groups is 2. The third-order valence-electron chi connectivity index (χ3n) is 4.57. The molecule has 1 aliphatic rings. The van der Waals surface area contributed by atoms with Gasteiger partial charge in [-0.3, -0.25) is 9.59 Å². The van der Waals surface area contributed by atoms with Crippen LogP contribution in [0.25, 0.3) is 5.69 Å². The van der Waals surface area contributed by atoms with E-state index in [1.165, 1.54) is 15.6 Å². The minimum atomic E-state index is -1.06. The molecule has 0 fully saturated rings. The van der Waals surface area contributed by atoms with Gasteiger partial charge in [-0.05, 0) is 50.3 Å². The van der Waals surface area contributed by atoms with Crippen LogP contribution >= 0.6 is 0 Å². The lowest BCUT2D eigenvalue weighted by atomic mass is 10.1. The second kappa shape index (κ2) is 7.27. The first kappa shape index (κ1) is 18.1. The van der Waals surface area contributed by atoms with Gasteiger partial charge in [0.2, 0.25) is 0 Å². The highest BCUT2D eigenvalue weighted by Crippen LogP contribution is 2.29. The van der Waals surface area contributed by atoms with Gasteiger partial charge in [0.25, 0.3) is 5.91 Å². The van der Waals surface area contributed by atoms with Crippen LogP contribution in [0.4, 0.5) is 4.39 Å². The number of nitrogens with zero attached hydrogens (tertiary/aromatic N) is 3. The molecule has 3 rings (SSSR count). The van der Waals surface area contributed by atoms with Crippen LogP contribution in [0.2, 0.25) is 0 Å². The largest absolute Gasteiger partial charge is 0.480 e. The number of aromatic nitrogens is 2. The fourth-order valence-electron chi connectivity index (χ4n) is 3.43. The molecule has 0 radical (unpaired) electrons. The van der Waals surface area contributed by atoms with E-state index < -0.39 is 17.7 Å². The van der Waals surface area contributed by atoms with E-state index in [1.54, 1.807) is 12.1 Å². The number of halogens is 1. The quantitative estimate of drug-likeness (QED) is 0.860. The molecular weight excluding hydrogens is 337 g/mol. The van der Waals surface area contributed by atoms with E-state index in [0.29, 0.717) is 25.1 Å². The van der Waals surface area contributed by atoms with Crippen molar-refractivity contribution in [2.75, 3.05) is 13.1 Å². The molecule has 1 aromatic carbocycles. The van der Waals surface area contributed by atoms with Crippen molar-refractivity contribution in [1.82, 2.24) is 14.7 Å². The molecule has 1 heterocycles. The molecule has 2 aromatic rings. The van der Waals surface area contributed by atoms with E-state index in [0.717, 1.165) is 29.7 Å². The molecule has 7 heteroatoms. The highest BCUT2D eigenvalue weighted by molar-refractivity contribution is 5.96. The normalized spacial score (nSPS) is 12.9. The minimum absolute atomic E-state index is 0.243. The summed E-state index contributed by atoms with van der Waals surface area (Å²) in [5.41, 5.74) is 3.01. The first-order chi connectivity index (χ1) is 12.4. The number of hydrogen-bond donors (Lipinski definition) is 1. The molecule has 1 N–H and O–H groups in total. The van der Waals surface area contributed by atoms with E-state index in [2.05, 4.69) is 5.10 Å². The van der Waals surface area contributed by atoms with Crippen LogP contribution in [0.1, 0.15) is 47.1 Å². The van der Waals surface area contributed by atoms with Crippen LogP contribution in [0.5, 0.6) is 0 Å². The van der Waals surface area contributed by atoms with E-state index >= 15 is 0 Å². The average molecular weight is 359 g/mol. The topological polar surface area (TPSA) is 75.4 Å². The molecule has 0 saturated heterocycles. The standard InChI is InChI=1S/C19H22FN3O3/c1-3-9-22(11-17(24)25)19(26)18-13-5-4-6-15(13)23(21-18)16-8-7-12(2)10-14(16)20/h7-8,10H,3-6,9,11H2,1-2H3,(H,24,25). The second-order valence-electron chi connectivity index (χ2n) is 6.61. The van der Waals surface area contributed by atoms with Crippen LogP contribution < -0.4 is 0 Å². The summed E-state index contributed by atoms with van der Waals surface area (Å²) in [5.74, 6) is -1.86. The van der Waals surface area contributed by atoms with Gasteiger partial charge in [-0.25, -0.2) is 9.07 Å². The average Bonchev–Trinajstić information content (AvgIpc) is 3.16. The number of benzene rings is 1. The van der Waals surface area contributed by atoms with Crippen LogP contribution in [0.15, 0.2) is 18.2 Å². The maximum Gasteiger partial charge on any atom is 0.323 e. The summed E-state index contributed by atoms with van der Waals surface area (Å²) in [5, 5.41) is 13.5. The van der Waals surface area contributed by atoms with Crippen LogP contribution in [0.3, 0.4) is 0 Å². The van der Waals surface area contributed by atoms with Gasteiger partial charge in [0, 0.05) is 17.8 Å². The van der Waals surface area contributed by atoms with Gasteiger partial charge in [-0.2, -0.15) is 5.10 Å². The molecule has 0 spiro atoms. The zero-order valence-electron chi connectivity index (χ0n) is 15.0. The van der Waals surface area contributed by atoms with Gasteiger partial charge in [0.05, 0.1) is 0 Å². The van der Waals surface area contributed by atoms with Crippen molar-refractivity contribution in [2.24, 2.45) is 0 Å². The molecule has 1 amide bonds. The molecular formula is C19H22FN3O3. The fourth-order valence-corrected chi connectivity index (χ4v) is 3.43. The SMILES string of the molecule is CCCN(CC(=O)O)C(=O)c1nn(-c2ccc(C)cc2F)c2c1CCC2. The molecule has 0 unspecified atom stereocenters. The van der Waals surface area contributed by atoms with E-state index in [9.17, 15) is 14.0 Å². The maximum absolute atomic E-state index is 14.4. The summed E-state index contributed by atoms with van der Waals surface area (Å²) in [6, 6.07) is 4.90. The lowest BCUT2D eigenvalue weighted by Crippen LogP contribution is -2.37. The lowest BCUT2D eigenvalue weighted by Gasteiger charge is -2.19. The Bertz CT molecular complexity index is 860. The van der Waals surface area contributed by atoms with Crippen molar-refractivity contribution in [3.63, 3.8) is 0 Å². The number of rotatable bonds is 6. The number of carbonyl (C=O) groups excluding carboxylic acids is 1. The zero-order chi connectivity index (χ0) is 18.8. The summed E-state index contributed by atoms with van der Waals surface area (Å²) in [4.78, 5) is 25.3. The molecule has 1 aromatic heterocycles. The number of hydrogen-bond acceptors (Lipinski definition) is 3. The van der Waals surface area contributed by atoms with Crippen molar-refractivity contribution in [2.45, 2.75) is 39.5 Å². The Balaban J connectivity index is 2.04. The van der Waals surface area contributed by atoms with E-state index in [-0.39, 0.29) is 12.2 Å². The fraction of sp³-hybridized carbons (Fsp3) is 0.421. The van der Waals surface area contributed by atoms with Crippen LogP contribution in [0, 0.1) is 12.7 Å². The Morgan fingerprint density at radius 3 is 2.77 bits per heavy atom. The smallest absolute Gasteiger partial charge is 0.323 e. The Morgan fingerprint density at radius 2 is 2.12 bits per heavy atom. The number of carboxylic acid groups (broad SMARTS) is 1. The van der Waals surface area contributed by atoms with Crippen molar-refractivity contribution < 1.29 is 19.1 Å². The lowest BCUT2D eigenvalue weighted by molar-refractivity contribution is -0.137. The molecule has 138 valence electrons. The first-order valence-electron chi connectivity index (χ1n) is 8.80. The number of aryl methyl sites for hydroxylation is 1. The zero-order valence-corrected chi connectivity index (χ0v) is 15.0. The number of amides is 1. The van der Waals surface area contributed by atoms with Crippen LogP contribution in [-0.4, -0.2) is 44.8 Å². The Morgan fingerprint density at radius 1 is 1.35 bits per heavy atom. The van der Waals surface area contributed by atoms with Crippen molar-refractivity contribution in [3.05, 3.63) is 46.5 Å². The van der Waals surface area contributed by atoms with Gasteiger partial charge in [0.15, 0.2) is 5.69 Å². The molecule has 6 nitrogen and oxygen atoms in total. The number of carboxylic acids is 1. The monoisotopic (exact) mass is 359 g/mol. The Kier molecular flexibility index (Phi) is 5.06. The highest BCUT2D eigenvalue weighted by Gasteiger charge is 2.30. The molecule has 0 aliphatic heterocycles. The predicted molar refractivity (Wildman–Crippen MR) is 94.1 cm³/mol. The predicted octanol–water partition coefficient (Wildman–Crippen LogP) is 2.75. The van der Waals surface area contributed by atoms with Crippen molar-refractivity contribution in [1.29, 1.82) is 0 Å². The Labute approximate surface area is 151 Å². The number of aliphatic carboxylic acids is 1. The second-order valence-corrected chi connectivity index (χ2v) is 6.61. The molecule has 0 bridgehead atoms. The van der Waals surface area contributed by atoms with Gasteiger partial charge >= 0.3 is 5.97 Å². The molecule has 26 heavy (non-hydrogen) atoms. The van der Waals surface area contributed by atoms with Gasteiger partial charge in [0.1, 0.15) is 18.0 Å². The first-order valence-corrected chi connectivity index (χ1v) is 8.80. The minimum Gasteiger partial charge on any atom is -0.480 e. The molecule has 0 atom stereocenters. The van der Waals surface area contributed by atoms with E-state index in [4.69, 9.17) is 5.11 Å². The summed E-state index contributed by atoms with van der Waals surface area (Å²) >= 11 is 0. The van der Waals surface area contributed by atoms with Crippen LogP contribution in [-0.2, 0) is 17.6 Å². The summed E-state index contributed by atoms with van der Waals surface area (Å²) in [7, 11) is 0. The van der Waals surface area contributed by atoms with Gasteiger partial charge in [-0.1, -0.05) is 13.0 Å². The molecule has 1 aliphatic carbocycles. The third kappa shape index (κ3) is 3.34. The Hall–Kier alpha value is -2.70.